The lowest BCUT2D eigenvalue weighted by atomic mass is 10.00. The summed E-state index contributed by atoms with van der Waals surface area (Å²) in [7, 11) is 0. The summed E-state index contributed by atoms with van der Waals surface area (Å²) in [4.78, 5) is 18.9. The first-order valence-corrected chi connectivity index (χ1v) is 9.37. The van der Waals surface area contributed by atoms with Crippen LogP contribution in [0.5, 0.6) is 0 Å². The molecule has 26 heavy (non-hydrogen) atoms. The van der Waals surface area contributed by atoms with Gasteiger partial charge < -0.3 is 10.2 Å². The predicted molar refractivity (Wildman–Crippen MR) is 102 cm³/mol. The highest BCUT2D eigenvalue weighted by Crippen LogP contribution is 2.25. The van der Waals surface area contributed by atoms with Crippen molar-refractivity contribution in [1.82, 2.24) is 9.88 Å². The van der Waals surface area contributed by atoms with Crippen molar-refractivity contribution >= 4 is 22.4 Å². The molecule has 0 fully saturated rings. The van der Waals surface area contributed by atoms with E-state index in [1.165, 1.54) is 34.6 Å². The van der Waals surface area contributed by atoms with Crippen molar-refractivity contribution in [2.45, 2.75) is 13.0 Å². The molecule has 2 heterocycles. The number of nitrogens with zero attached hydrogens (tertiary/aromatic N) is 2. The van der Waals surface area contributed by atoms with Crippen molar-refractivity contribution in [3.05, 3.63) is 70.9 Å². The van der Waals surface area contributed by atoms with Gasteiger partial charge in [-0.3, -0.25) is 4.79 Å². The minimum absolute atomic E-state index is 0.0676. The van der Waals surface area contributed by atoms with Gasteiger partial charge in [-0.2, -0.15) is 0 Å². The van der Waals surface area contributed by atoms with Gasteiger partial charge in [0.15, 0.2) is 5.13 Å². The number of hydrogen-bond acceptors (Lipinski definition) is 4. The van der Waals surface area contributed by atoms with Crippen LogP contribution in [0, 0.1) is 5.82 Å². The summed E-state index contributed by atoms with van der Waals surface area (Å²) in [6, 6.07) is 14.5. The van der Waals surface area contributed by atoms with Crippen molar-refractivity contribution in [2.75, 3.05) is 18.4 Å². The van der Waals surface area contributed by atoms with Gasteiger partial charge in [0.2, 0.25) is 5.91 Å². The predicted octanol–water partition coefficient (Wildman–Crippen LogP) is 3.95. The number of hydrogen-bond donors (Lipinski definition) is 1. The lowest BCUT2D eigenvalue weighted by molar-refractivity contribution is -0.130. The molecule has 1 aliphatic rings. The first-order chi connectivity index (χ1) is 12.7. The van der Waals surface area contributed by atoms with E-state index in [9.17, 15) is 9.18 Å². The minimum atomic E-state index is -0.268. The third-order valence-corrected chi connectivity index (χ3v) is 5.32. The van der Waals surface area contributed by atoms with Crippen LogP contribution in [0.15, 0.2) is 53.9 Å². The van der Waals surface area contributed by atoms with Crippen LogP contribution in [0.4, 0.5) is 9.52 Å². The zero-order valence-electron chi connectivity index (χ0n) is 14.1. The van der Waals surface area contributed by atoms with E-state index in [-0.39, 0.29) is 18.3 Å². The summed E-state index contributed by atoms with van der Waals surface area (Å²) in [5.41, 5.74) is 4.18. The van der Waals surface area contributed by atoms with Crippen molar-refractivity contribution in [2.24, 2.45) is 0 Å². The number of amides is 1. The lowest BCUT2D eigenvalue weighted by Gasteiger charge is -2.28. The Morgan fingerprint density at radius 2 is 1.92 bits per heavy atom. The Morgan fingerprint density at radius 1 is 1.15 bits per heavy atom. The van der Waals surface area contributed by atoms with Crippen LogP contribution >= 0.6 is 11.3 Å². The van der Waals surface area contributed by atoms with Crippen molar-refractivity contribution in [3.63, 3.8) is 0 Å². The smallest absolute Gasteiger partial charge is 0.242 e. The Bertz CT molecular complexity index is 923. The number of fused-ring (bicyclic) bond motifs is 1. The highest BCUT2D eigenvalue weighted by atomic mass is 32.1. The summed E-state index contributed by atoms with van der Waals surface area (Å²) in [6.07, 6.45) is 0.897. The summed E-state index contributed by atoms with van der Waals surface area (Å²) in [5, 5.41) is 5.70. The van der Waals surface area contributed by atoms with Gasteiger partial charge >= 0.3 is 0 Å². The van der Waals surface area contributed by atoms with E-state index in [1.807, 2.05) is 22.4 Å². The molecule has 4 nitrogen and oxygen atoms in total. The first-order valence-electron chi connectivity index (χ1n) is 8.49. The Kier molecular flexibility index (Phi) is 4.67. The second-order valence-electron chi connectivity index (χ2n) is 6.23. The molecular formula is C20H18FN3OS. The van der Waals surface area contributed by atoms with Crippen LogP contribution < -0.4 is 5.32 Å². The van der Waals surface area contributed by atoms with Gasteiger partial charge in [-0.25, -0.2) is 9.37 Å². The number of anilines is 1. The van der Waals surface area contributed by atoms with E-state index in [0.29, 0.717) is 11.7 Å². The average molecular weight is 367 g/mol. The molecular weight excluding hydrogens is 349 g/mol. The van der Waals surface area contributed by atoms with E-state index < -0.39 is 0 Å². The van der Waals surface area contributed by atoms with E-state index in [1.54, 1.807) is 12.1 Å². The molecule has 6 heteroatoms. The standard InChI is InChI=1S/C20H18FN3OS/c21-17-7-5-15(6-8-17)18-13-26-20(23-18)22-11-19(25)24-10-9-14-3-1-2-4-16(14)12-24/h1-8,13H,9-12H2,(H,22,23). The van der Waals surface area contributed by atoms with Crippen LogP contribution in [-0.2, 0) is 17.8 Å². The van der Waals surface area contributed by atoms with Crippen LogP contribution in [0.25, 0.3) is 11.3 Å². The first kappa shape index (κ1) is 16.7. The Labute approximate surface area is 155 Å². The van der Waals surface area contributed by atoms with E-state index in [0.717, 1.165) is 24.2 Å². The number of benzene rings is 2. The van der Waals surface area contributed by atoms with Crippen LogP contribution in [0.1, 0.15) is 11.1 Å². The van der Waals surface area contributed by atoms with Gasteiger partial charge in [0, 0.05) is 24.0 Å². The number of carbonyl (C=O) groups is 1. The molecule has 1 amide bonds. The summed E-state index contributed by atoms with van der Waals surface area (Å²) in [6.45, 7) is 1.63. The maximum absolute atomic E-state index is 13.0. The van der Waals surface area contributed by atoms with Crippen molar-refractivity contribution < 1.29 is 9.18 Å². The Balaban J connectivity index is 1.36. The molecule has 1 aliphatic heterocycles. The number of aromatic nitrogens is 1. The number of nitrogens with one attached hydrogen (secondary N) is 1. The molecule has 132 valence electrons. The van der Waals surface area contributed by atoms with Gasteiger partial charge in [-0.05, 0) is 41.8 Å². The Morgan fingerprint density at radius 3 is 2.73 bits per heavy atom. The number of rotatable bonds is 4. The molecule has 0 radical (unpaired) electrons. The number of thiazole rings is 1. The zero-order chi connectivity index (χ0) is 17.9. The summed E-state index contributed by atoms with van der Waals surface area (Å²) < 4.78 is 13.0. The topological polar surface area (TPSA) is 45.2 Å². The number of carbonyl (C=O) groups excluding carboxylic acids is 1. The summed E-state index contributed by atoms with van der Waals surface area (Å²) >= 11 is 1.44. The molecule has 2 aromatic carbocycles. The average Bonchev–Trinajstić information content (AvgIpc) is 3.15. The molecule has 0 spiro atoms. The lowest BCUT2D eigenvalue weighted by Crippen LogP contribution is -2.39. The van der Waals surface area contributed by atoms with Crippen LogP contribution in [0.3, 0.4) is 0 Å². The molecule has 1 aromatic heterocycles. The van der Waals surface area contributed by atoms with Gasteiger partial charge in [-0.1, -0.05) is 24.3 Å². The molecule has 3 aromatic rings. The molecule has 1 N–H and O–H groups in total. The fourth-order valence-corrected chi connectivity index (χ4v) is 3.80. The second-order valence-corrected chi connectivity index (χ2v) is 7.09. The van der Waals surface area contributed by atoms with Crippen molar-refractivity contribution in [1.29, 1.82) is 0 Å². The fourth-order valence-electron chi connectivity index (χ4n) is 3.08. The molecule has 0 aliphatic carbocycles. The van der Waals surface area contributed by atoms with Crippen LogP contribution in [-0.4, -0.2) is 28.9 Å². The van der Waals surface area contributed by atoms with E-state index in [4.69, 9.17) is 0 Å². The maximum atomic E-state index is 13.0. The quantitative estimate of drug-likeness (QED) is 0.760. The van der Waals surface area contributed by atoms with E-state index in [2.05, 4.69) is 22.4 Å². The SMILES string of the molecule is O=C(CNc1nc(-c2ccc(F)cc2)cs1)N1CCc2ccccc2C1. The molecule has 0 atom stereocenters. The third kappa shape index (κ3) is 3.60. The molecule has 0 bridgehead atoms. The Hall–Kier alpha value is -2.73. The molecule has 0 unspecified atom stereocenters. The normalized spacial score (nSPS) is 13.3. The van der Waals surface area contributed by atoms with Gasteiger partial charge in [0.1, 0.15) is 5.82 Å². The fraction of sp³-hybridized carbons (Fsp3) is 0.200. The van der Waals surface area contributed by atoms with Gasteiger partial charge in [0.25, 0.3) is 0 Å². The third-order valence-electron chi connectivity index (χ3n) is 4.52. The van der Waals surface area contributed by atoms with Gasteiger partial charge in [-0.15, -0.1) is 11.3 Å². The largest absolute Gasteiger partial charge is 0.352 e. The van der Waals surface area contributed by atoms with E-state index >= 15 is 0 Å². The minimum Gasteiger partial charge on any atom is -0.352 e. The molecule has 0 saturated heterocycles. The highest BCUT2D eigenvalue weighted by molar-refractivity contribution is 7.14. The number of halogens is 1. The summed E-state index contributed by atoms with van der Waals surface area (Å²) in [5.74, 6) is -0.200. The molecule has 4 rings (SSSR count). The monoisotopic (exact) mass is 367 g/mol. The molecule has 0 saturated carbocycles. The zero-order valence-corrected chi connectivity index (χ0v) is 14.9. The second kappa shape index (κ2) is 7.25. The van der Waals surface area contributed by atoms with Crippen LogP contribution in [0.2, 0.25) is 0 Å². The highest BCUT2D eigenvalue weighted by Gasteiger charge is 2.20. The van der Waals surface area contributed by atoms with Gasteiger partial charge in [0.05, 0.1) is 12.2 Å². The van der Waals surface area contributed by atoms with Crippen molar-refractivity contribution in [3.8, 4) is 11.3 Å². The maximum Gasteiger partial charge on any atom is 0.242 e.